The third kappa shape index (κ3) is 7.52. The fourth-order valence-electron chi connectivity index (χ4n) is 1.30. The molecular formula is C12H20O5. The number of esters is 2. The standard InChI is InChI=1S/C12H20O5/c1-16-11(14)9-10(12(15)17-2)7-5-3-4-6-8-13/h7,13H,3-6,8-9H2,1-2H3/b10-7-. The highest BCUT2D eigenvalue weighted by Crippen LogP contribution is 2.09. The van der Waals surface area contributed by atoms with Gasteiger partial charge in [0.25, 0.3) is 0 Å². The van der Waals surface area contributed by atoms with E-state index in [0.717, 1.165) is 19.3 Å². The lowest BCUT2D eigenvalue weighted by Crippen LogP contribution is -2.11. The molecule has 0 amide bonds. The van der Waals surface area contributed by atoms with Gasteiger partial charge in [-0.1, -0.05) is 12.5 Å². The van der Waals surface area contributed by atoms with Crippen LogP contribution >= 0.6 is 0 Å². The van der Waals surface area contributed by atoms with Gasteiger partial charge in [-0.2, -0.15) is 0 Å². The van der Waals surface area contributed by atoms with Crippen molar-refractivity contribution >= 4 is 11.9 Å². The highest BCUT2D eigenvalue weighted by atomic mass is 16.5. The van der Waals surface area contributed by atoms with Gasteiger partial charge in [0.2, 0.25) is 0 Å². The maximum atomic E-state index is 11.3. The molecule has 0 heterocycles. The molecule has 0 aliphatic carbocycles. The van der Waals surface area contributed by atoms with Gasteiger partial charge in [0, 0.05) is 12.2 Å². The van der Waals surface area contributed by atoms with Crippen LogP contribution < -0.4 is 0 Å². The first-order valence-electron chi connectivity index (χ1n) is 5.60. The molecule has 0 fully saturated rings. The summed E-state index contributed by atoms with van der Waals surface area (Å²) >= 11 is 0. The highest BCUT2D eigenvalue weighted by Gasteiger charge is 2.13. The molecule has 0 aromatic rings. The van der Waals surface area contributed by atoms with Crippen molar-refractivity contribution in [3.8, 4) is 0 Å². The van der Waals surface area contributed by atoms with E-state index in [1.165, 1.54) is 14.2 Å². The number of carbonyl (C=O) groups is 2. The van der Waals surface area contributed by atoms with Crippen molar-refractivity contribution in [1.82, 2.24) is 0 Å². The van der Waals surface area contributed by atoms with Crippen LogP contribution in [0.4, 0.5) is 0 Å². The van der Waals surface area contributed by atoms with Crippen LogP contribution in [0.25, 0.3) is 0 Å². The fraction of sp³-hybridized carbons (Fsp3) is 0.667. The van der Waals surface area contributed by atoms with Crippen LogP contribution in [0.15, 0.2) is 11.6 Å². The summed E-state index contributed by atoms with van der Waals surface area (Å²) in [4.78, 5) is 22.4. The van der Waals surface area contributed by atoms with Crippen LogP contribution in [0.5, 0.6) is 0 Å². The Morgan fingerprint density at radius 2 is 1.82 bits per heavy atom. The van der Waals surface area contributed by atoms with Gasteiger partial charge in [0.05, 0.1) is 20.6 Å². The van der Waals surface area contributed by atoms with Crippen LogP contribution in [0.1, 0.15) is 32.1 Å². The molecule has 0 saturated heterocycles. The van der Waals surface area contributed by atoms with Crippen molar-refractivity contribution in [2.24, 2.45) is 0 Å². The minimum atomic E-state index is -0.502. The zero-order valence-electron chi connectivity index (χ0n) is 10.4. The van der Waals surface area contributed by atoms with Crippen molar-refractivity contribution in [2.45, 2.75) is 32.1 Å². The number of rotatable bonds is 8. The second kappa shape index (κ2) is 9.84. The average molecular weight is 244 g/mol. The van der Waals surface area contributed by atoms with Crippen molar-refractivity contribution in [2.75, 3.05) is 20.8 Å². The fourth-order valence-corrected chi connectivity index (χ4v) is 1.30. The Balaban J connectivity index is 4.21. The molecule has 0 unspecified atom stereocenters. The smallest absolute Gasteiger partial charge is 0.333 e. The largest absolute Gasteiger partial charge is 0.469 e. The molecule has 17 heavy (non-hydrogen) atoms. The summed E-state index contributed by atoms with van der Waals surface area (Å²) < 4.78 is 9.08. The Morgan fingerprint density at radius 1 is 1.12 bits per heavy atom. The normalized spacial score (nSPS) is 11.1. The zero-order chi connectivity index (χ0) is 13.1. The van der Waals surface area contributed by atoms with Gasteiger partial charge in [-0.25, -0.2) is 4.79 Å². The van der Waals surface area contributed by atoms with Crippen LogP contribution in [0.2, 0.25) is 0 Å². The van der Waals surface area contributed by atoms with E-state index in [4.69, 9.17) is 5.11 Å². The third-order valence-corrected chi connectivity index (χ3v) is 2.26. The van der Waals surface area contributed by atoms with Crippen molar-refractivity contribution < 1.29 is 24.2 Å². The lowest BCUT2D eigenvalue weighted by Gasteiger charge is -2.04. The second-order valence-corrected chi connectivity index (χ2v) is 3.55. The monoisotopic (exact) mass is 244 g/mol. The average Bonchev–Trinajstić information content (AvgIpc) is 2.35. The van der Waals surface area contributed by atoms with Gasteiger partial charge in [0.15, 0.2) is 0 Å². The van der Waals surface area contributed by atoms with Gasteiger partial charge in [0.1, 0.15) is 0 Å². The maximum absolute atomic E-state index is 11.3. The summed E-state index contributed by atoms with van der Waals surface area (Å²) in [7, 11) is 2.55. The van der Waals surface area contributed by atoms with E-state index in [2.05, 4.69) is 9.47 Å². The Kier molecular flexibility index (Phi) is 9.05. The number of methoxy groups -OCH3 is 2. The van der Waals surface area contributed by atoms with E-state index < -0.39 is 11.9 Å². The minimum absolute atomic E-state index is 0.0663. The summed E-state index contributed by atoms with van der Waals surface area (Å²) in [5.41, 5.74) is 0.323. The van der Waals surface area contributed by atoms with E-state index in [1.54, 1.807) is 6.08 Å². The van der Waals surface area contributed by atoms with E-state index in [1.807, 2.05) is 0 Å². The predicted molar refractivity (Wildman–Crippen MR) is 62.3 cm³/mol. The molecule has 0 radical (unpaired) electrons. The minimum Gasteiger partial charge on any atom is -0.469 e. The summed E-state index contributed by atoms with van der Waals surface area (Å²) in [6, 6.07) is 0. The van der Waals surface area contributed by atoms with Crippen molar-refractivity contribution in [3.05, 3.63) is 11.6 Å². The maximum Gasteiger partial charge on any atom is 0.333 e. The SMILES string of the molecule is COC(=O)C/C(=C/CCCCCO)C(=O)OC. The number of hydrogen-bond acceptors (Lipinski definition) is 5. The molecule has 0 saturated carbocycles. The van der Waals surface area contributed by atoms with E-state index in [-0.39, 0.29) is 13.0 Å². The van der Waals surface area contributed by atoms with Crippen LogP contribution in [-0.2, 0) is 19.1 Å². The van der Waals surface area contributed by atoms with Gasteiger partial charge in [-0.05, 0) is 19.3 Å². The topological polar surface area (TPSA) is 72.8 Å². The summed E-state index contributed by atoms with van der Waals surface area (Å²) in [5.74, 6) is -0.963. The molecule has 0 rings (SSSR count). The molecule has 1 N–H and O–H groups in total. The molecule has 98 valence electrons. The molecule has 5 heteroatoms. The molecule has 0 atom stereocenters. The second-order valence-electron chi connectivity index (χ2n) is 3.55. The van der Waals surface area contributed by atoms with Gasteiger partial charge in [-0.15, -0.1) is 0 Å². The summed E-state index contributed by atoms with van der Waals surface area (Å²) in [6.07, 6.45) is 4.81. The Morgan fingerprint density at radius 3 is 2.35 bits per heavy atom. The Hall–Kier alpha value is -1.36. The zero-order valence-corrected chi connectivity index (χ0v) is 10.4. The van der Waals surface area contributed by atoms with Crippen molar-refractivity contribution in [3.63, 3.8) is 0 Å². The Labute approximate surface area is 101 Å². The number of unbranched alkanes of at least 4 members (excludes halogenated alkanes) is 3. The summed E-state index contributed by atoms with van der Waals surface area (Å²) in [6.45, 7) is 0.176. The molecule has 0 aromatic carbocycles. The first kappa shape index (κ1) is 15.6. The number of ether oxygens (including phenoxy) is 2. The quantitative estimate of drug-likeness (QED) is 0.394. The lowest BCUT2D eigenvalue weighted by atomic mass is 10.1. The number of allylic oxidation sites excluding steroid dienone is 1. The number of aliphatic hydroxyl groups is 1. The van der Waals surface area contributed by atoms with Crippen LogP contribution in [-0.4, -0.2) is 37.9 Å². The van der Waals surface area contributed by atoms with Crippen LogP contribution in [0.3, 0.4) is 0 Å². The van der Waals surface area contributed by atoms with Gasteiger partial charge in [-0.3, -0.25) is 4.79 Å². The number of hydrogen-bond donors (Lipinski definition) is 1. The molecule has 5 nitrogen and oxygen atoms in total. The predicted octanol–water partition coefficient (Wildman–Crippen LogP) is 1.20. The number of aliphatic hydroxyl groups excluding tert-OH is 1. The van der Waals surface area contributed by atoms with Gasteiger partial charge < -0.3 is 14.6 Å². The summed E-state index contributed by atoms with van der Waals surface area (Å²) in [5, 5.41) is 8.60. The first-order valence-corrected chi connectivity index (χ1v) is 5.60. The molecule has 0 spiro atoms. The third-order valence-electron chi connectivity index (χ3n) is 2.26. The number of carbonyl (C=O) groups excluding carboxylic acids is 2. The molecule has 0 aliphatic rings. The molecule has 0 bridgehead atoms. The molecule has 0 aromatic heterocycles. The lowest BCUT2D eigenvalue weighted by molar-refractivity contribution is -0.143. The van der Waals surface area contributed by atoms with E-state index in [9.17, 15) is 9.59 Å². The highest BCUT2D eigenvalue weighted by molar-refractivity contribution is 5.93. The van der Waals surface area contributed by atoms with Gasteiger partial charge >= 0.3 is 11.9 Å². The Bertz CT molecular complexity index is 270. The van der Waals surface area contributed by atoms with Crippen LogP contribution in [0, 0.1) is 0 Å². The molecular weight excluding hydrogens is 224 g/mol. The van der Waals surface area contributed by atoms with Crippen molar-refractivity contribution in [1.29, 1.82) is 0 Å². The van der Waals surface area contributed by atoms with E-state index >= 15 is 0 Å². The first-order chi connectivity index (χ1) is 8.15. The molecule has 0 aliphatic heterocycles. The van der Waals surface area contributed by atoms with E-state index in [0.29, 0.717) is 12.0 Å².